The first kappa shape index (κ1) is 33.7. The Kier molecular flexibility index (Phi) is 7.42. The third kappa shape index (κ3) is 5.36. The SMILES string of the molecule is CC(C)(C)c1ccc(N2c3ccc(C(C)(C)C)cc3B3c4cc(C(C)(C)C)ccc4N(C4CC5CCC4C5)c4cc(C(C)(C)C)cc2c43)cc1. The molecule has 4 aromatic rings. The Hall–Kier alpha value is -3.46. The van der Waals surface area contributed by atoms with Gasteiger partial charge >= 0.3 is 0 Å². The molecule has 0 N–H and O–H groups in total. The Balaban J connectivity index is 1.47. The fourth-order valence-electron chi connectivity index (χ4n) is 9.67. The Morgan fingerprint density at radius 1 is 0.500 bits per heavy atom. The van der Waals surface area contributed by atoms with Crippen molar-refractivity contribution in [2.45, 2.75) is 136 Å². The third-order valence-corrected chi connectivity index (χ3v) is 12.7. The van der Waals surface area contributed by atoms with Crippen molar-refractivity contribution in [3.05, 3.63) is 95.1 Å². The Morgan fingerprint density at radius 2 is 1.02 bits per heavy atom. The van der Waals surface area contributed by atoms with Crippen LogP contribution in [0.15, 0.2) is 72.8 Å². The van der Waals surface area contributed by atoms with Crippen LogP contribution in [0.3, 0.4) is 0 Å². The molecule has 3 atom stereocenters. The zero-order valence-electron chi connectivity index (χ0n) is 33.0. The van der Waals surface area contributed by atoms with Gasteiger partial charge in [0.1, 0.15) is 0 Å². The van der Waals surface area contributed by atoms with E-state index in [4.69, 9.17) is 0 Å². The second-order valence-corrected chi connectivity index (χ2v) is 20.4. The van der Waals surface area contributed by atoms with Crippen LogP contribution >= 0.6 is 0 Å². The van der Waals surface area contributed by atoms with Crippen molar-refractivity contribution in [3.63, 3.8) is 0 Å². The molecule has 4 aromatic carbocycles. The number of rotatable bonds is 2. The number of nitrogens with zero attached hydrogens (tertiary/aromatic N) is 2. The number of benzene rings is 4. The van der Waals surface area contributed by atoms with E-state index in [2.05, 4.69) is 166 Å². The highest BCUT2D eigenvalue weighted by Gasteiger charge is 2.49. The lowest BCUT2D eigenvalue weighted by molar-refractivity contribution is 0.413. The standard InChI is InChI=1S/C47H59BN2/c1-44(2,3)31-15-19-35(20-16-31)49-38-21-17-32(45(4,5)6)25-36(38)48-37-26-33(46(7,8)9)18-22-39(37)50(40-24-29-13-14-30(40)23-29)42-28-34(47(10,11)12)27-41(49)43(42)48/h15-22,25-30,40H,13-14,23-24H2,1-12H3. The Bertz CT molecular complexity index is 1970. The summed E-state index contributed by atoms with van der Waals surface area (Å²) in [6, 6.07) is 30.1. The predicted octanol–water partition coefficient (Wildman–Crippen LogP) is 10.8. The van der Waals surface area contributed by atoms with Gasteiger partial charge in [0.25, 0.3) is 6.71 Å². The zero-order chi connectivity index (χ0) is 35.7. The lowest BCUT2D eigenvalue weighted by Crippen LogP contribution is -2.63. The highest BCUT2D eigenvalue weighted by atomic mass is 15.2. The maximum atomic E-state index is 2.87. The monoisotopic (exact) mass is 662 g/mol. The van der Waals surface area contributed by atoms with E-state index in [1.54, 1.807) is 0 Å². The molecule has 0 amide bonds. The molecule has 3 heteroatoms. The molecule has 0 aromatic heterocycles. The molecule has 2 aliphatic carbocycles. The van der Waals surface area contributed by atoms with Gasteiger partial charge in [-0.25, -0.2) is 0 Å². The first-order valence-electron chi connectivity index (χ1n) is 19.5. The van der Waals surface area contributed by atoms with Crippen molar-refractivity contribution in [2.24, 2.45) is 11.8 Å². The fraction of sp³-hybridized carbons (Fsp3) is 0.489. The van der Waals surface area contributed by atoms with E-state index in [-0.39, 0.29) is 28.4 Å². The lowest BCUT2D eigenvalue weighted by atomic mass is 9.33. The van der Waals surface area contributed by atoms with E-state index in [1.807, 2.05) is 0 Å². The van der Waals surface area contributed by atoms with Gasteiger partial charge in [0, 0.05) is 34.5 Å². The van der Waals surface area contributed by atoms with Gasteiger partial charge in [-0.2, -0.15) is 0 Å². The van der Waals surface area contributed by atoms with Crippen molar-refractivity contribution in [3.8, 4) is 0 Å². The second-order valence-electron chi connectivity index (χ2n) is 20.4. The summed E-state index contributed by atoms with van der Waals surface area (Å²) in [4.78, 5) is 5.49. The van der Waals surface area contributed by atoms with E-state index in [0.717, 1.165) is 11.8 Å². The van der Waals surface area contributed by atoms with Crippen molar-refractivity contribution >= 4 is 51.5 Å². The van der Waals surface area contributed by atoms with Crippen molar-refractivity contribution in [1.29, 1.82) is 0 Å². The van der Waals surface area contributed by atoms with E-state index in [0.29, 0.717) is 6.04 Å². The minimum absolute atomic E-state index is 0.00980. The van der Waals surface area contributed by atoms with Gasteiger partial charge in [-0.3, -0.25) is 0 Å². The molecule has 0 radical (unpaired) electrons. The number of hydrogen-bond acceptors (Lipinski definition) is 2. The fourth-order valence-corrected chi connectivity index (χ4v) is 9.67. The number of hydrogen-bond donors (Lipinski definition) is 0. The predicted molar refractivity (Wildman–Crippen MR) is 218 cm³/mol. The van der Waals surface area contributed by atoms with Crippen molar-refractivity contribution in [2.75, 3.05) is 9.80 Å². The van der Waals surface area contributed by atoms with Gasteiger partial charge in [-0.05, 0) is 128 Å². The summed E-state index contributed by atoms with van der Waals surface area (Å²) >= 11 is 0. The molecule has 2 bridgehead atoms. The summed E-state index contributed by atoms with van der Waals surface area (Å²) < 4.78 is 0. The minimum Gasteiger partial charge on any atom is -0.339 e. The van der Waals surface area contributed by atoms with E-state index < -0.39 is 0 Å². The van der Waals surface area contributed by atoms with Crippen LogP contribution in [-0.2, 0) is 21.7 Å². The van der Waals surface area contributed by atoms with Gasteiger partial charge in [-0.15, -0.1) is 0 Å². The van der Waals surface area contributed by atoms with E-state index in [9.17, 15) is 0 Å². The van der Waals surface area contributed by atoms with Gasteiger partial charge in [0.2, 0.25) is 0 Å². The number of fused-ring (bicyclic) bond motifs is 6. The Morgan fingerprint density at radius 3 is 1.54 bits per heavy atom. The average molecular weight is 663 g/mol. The molecule has 8 rings (SSSR count). The second kappa shape index (κ2) is 11.0. The van der Waals surface area contributed by atoms with E-state index in [1.165, 1.54) is 92.8 Å². The largest absolute Gasteiger partial charge is 0.339 e. The quantitative estimate of drug-likeness (QED) is 0.174. The van der Waals surface area contributed by atoms with Crippen LogP contribution in [-0.4, -0.2) is 12.8 Å². The topological polar surface area (TPSA) is 6.48 Å². The van der Waals surface area contributed by atoms with E-state index >= 15 is 0 Å². The van der Waals surface area contributed by atoms with Gasteiger partial charge in [0.15, 0.2) is 0 Å². The molecular weight excluding hydrogens is 603 g/mol. The van der Waals surface area contributed by atoms with Crippen LogP contribution < -0.4 is 26.2 Å². The molecule has 4 aliphatic rings. The molecule has 2 saturated carbocycles. The molecule has 2 heterocycles. The van der Waals surface area contributed by atoms with Crippen LogP contribution in [0.25, 0.3) is 0 Å². The smallest absolute Gasteiger partial charge is 0.252 e. The molecule has 2 fully saturated rings. The summed E-state index contributed by atoms with van der Waals surface area (Å²) in [5.41, 5.74) is 17.1. The summed E-state index contributed by atoms with van der Waals surface area (Å²) in [6.45, 7) is 28.5. The number of anilines is 5. The van der Waals surface area contributed by atoms with Gasteiger partial charge < -0.3 is 9.80 Å². The van der Waals surface area contributed by atoms with Crippen molar-refractivity contribution in [1.82, 2.24) is 0 Å². The normalized spacial score (nSPS) is 21.4. The summed E-state index contributed by atoms with van der Waals surface area (Å²) in [7, 11) is 0. The summed E-state index contributed by atoms with van der Waals surface area (Å²) in [5.74, 6) is 1.64. The average Bonchev–Trinajstić information content (AvgIpc) is 3.66. The first-order chi connectivity index (χ1) is 23.3. The molecule has 0 spiro atoms. The molecule has 3 unspecified atom stereocenters. The molecule has 50 heavy (non-hydrogen) atoms. The zero-order valence-corrected chi connectivity index (χ0v) is 33.0. The summed E-state index contributed by atoms with van der Waals surface area (Å²) in [5, 5.41) is 0. The first-order valence-corrected chi connectivity index (χ1v) is 19.5. The van der Waals surface area contributed by atoms with Crippen LogP contribution in [0.4, 0.5) is 28.4 Å². The Labute approximate surface area is 303 Å². The molecular formula is C47H59BN2. The van der Waals surface area contributed by atoms with Gasteiger partial charge in [-0.1, -0.05) is 126 Å². The van der Waals surface area contributed by atoms with Crippen LogP contribution in [0.1, 0.15) is 131 Å². The lowest BCUT2D eigenvalue weighted by Gasteiger charge is -2.48. The highest BCUT2D eigenvalue weighted by Crippen LogP contribution is 2.52. The minimum atomic E-state index is 0.00980. The molecule has 0 saturated heterocycles. The maximum absolute atomic E-state index is 2.87. The molecule has 2 aliphatic heterocycles. The van der Waals surface area contributed by atoms with Crippen molar-refractivity contribution < 1.29 is 0 Å². The maximum Gasteiger partial charge on any atom is 0.252 e. The molecule has 260 valence electrons. The molecule has 2 nitrogen and oxygen atoms in total. The summed E-state index contributed by atoms with van der Waals surface area (Å²) in [6.07, 6.45) is 5.49. The van der Waals surface area contributed by atoms with Crippen LogP contribution in [0, 0.1) is 11.8 Å². The van der Waals surface area contributed by atoms with Gasteiger partial charge in [0.05, 0.1) is 0 Å². The van der Waals surface area contributed by atoms with Crippen LogP contribution in [0.5, 0.6) is 0 Å². The highest BCUT2D eigenvalue weighted by molar-refractivity contribution is 7.00. The third-order valence-electron chi connectivity index (χ3n) is 12.7. The van der Waals surface area contributed by atoms with Crippen LogP contribution in [0.2, 0.25) is 0 Å².